The molecule has 1 heterocycles. The van der Waals surface area contributed by atoms with Crippen LogP contribution in [-0.4, -0.2) is 55.0 Å². The third kappa shape index (κ3) is 2.84. The third-order valence-corrected chi connectivity index (χ3v) is 4.26. The van der Waals surface area contributed by atoms with Crippen molar-refractivity contribution in [2.24, 2.45) is 5.73 Å². The van der Waals surface area contributed by atoms with Crippen LogP contribution in [0.15, 0.2) is 24.3 Å². The summed E-state index contributed by atoms with van der Waals surface area (Å²) in [7, 11) is 2.07. The minimum Gasteiger partial charge on any atom is -0.332 e. The molecule has 1 saturated heterocycles. The van der Waals surface area contributed by atoms with Gasteiger partial charge in [-0.3, -0.25) is 4.79 Å². The predicted octanol–water partition coefficient (Wildman–Crippen LogP) is 1.01. The molecule has 2 N–H and O–H groups in total. The first-order valence-electron chi connectivity index (χ1n) is 6.07. The van der Waals surface area contributed by atoms with Crippen molar-refractivity contribution in [2.75, 3.05) is 33.2 Å². The number of halogens is 1. The lowest BCUT2D eigenvalue weighted by Gasteiger charge is -2.39. The molecule has 1 atom stereocenters. The first kappa shape index (κ1) is 13.8. The number of nitrogens with zero attached hydrogens (tertiary/aromatic N) is 2. The quantitative estimate of drug-likeness (QED) is 0.802. The van der Waals surface area contributed by atoms with Gasteiger partial charge in [0, 0.05) is 29.7 Å². The Hall–Kier alpha value is -0.660. The number of hydrogen-bond acceptors (Lipinski definition) is 3. The van der Waals surface area contributed by atoms with Crippen LogP contribution in [0.3, 0.4) is 0 Å². The van der Waals surface area contributed by atoms with E-state index in [9.17, 15) is 4.79 Å². The summed E-state index contributed by atoms with van der Waals surface area (Å²) in [5.41, 5.74) is 6.57. The van der Waals surface area contributed by atoms with Gasteiger partial charge < -0.3 is 15.5 Å². The fourth-order valence-electron chi connectivity index (χ4n) is 2.27. The molecular formula is C13H18IN3O. The van der Waals surface area contributed by atoms with Crippen molar-refractivity contribution in [3.8, 4) is 0 Å². The Labute approximate surface area is 121 Å². The van der Waals surface area contributed by atoms with Crippen molar-refractivity contribution in [3.05, 3.63) is 33.4 Å². The number of rotatable bonds is 2. The molecule has 5 heteroatoms. The van der Waals surface area contributed by atoms with Crippen molar-refractivity contribution < 1.29 is 4.79 Å². The highest BCUT2D eigenvalue weighted by atomic mass is 127. The van der Waals surface area contributed by atoms with E-state index in [2.05, 4.69) is 34.5 Å². The van der Waals surface area contributed by atoms with E-state index in [-0.39, 0.29) is 11.9 Å². The summed E-state index contributed by atoms with van der Waals surface area (Å²) >= 11 is 2.21. The maximum absolute atomic E-state index is 12.5. The number of hydrogen-bond donors (Lipinski definition) is 1. The lowest BCUT2D eigenvalue weighted by molar-refractivity contribution is 0.0515. The van der Waals surface area contributed by atoms with E-state index in [4.69, 9.17) is 5.73 Å². The largest absolute Gasteiger partial charge is 0.332 e. The Morgan fingerprint density at radius 2 is 2.17 bits per heavy atom. The molecule has 0 spiro atoms. The van der Waals surface area contributed by atoms with Gasteiger partial charge in [0.05, 0.1) is 11.6 Å². The van der Waals surface area contributed by atoms with Gasteiger partial charge in [-0.1, -0.05) is 12.1 Å². The van der Waals surface area contributed by atoms with Crippen LogP contribution in [0.4, 0.5) is 0 Å². The molecule has 1 fully saturated rings. The minimum absolute atomic E-state index is 0.101. The summed E-state index contributed by atoms with van der Waals surface area (Å²) in [6.07, 6.45) is 0. The van der Waals surface area contributed by atoms with Crippen LogP contribution in [0.2, 0.25) is 0 Å². The van der Waals surface area contributed by atoms with Gasteiger partial charge in [0.25, 0.3) is 5.91 Å². The zero-order valence-corrected chi connectivity index (χ0v) is 12.6. The maximum atomic E-state index is 12.5. The Bertz CT molecular complexity index is 438. The topological polar surface area (TPSA) is 49.6 Å². The van der Waals surface area contributed by atoms with Crippen molar-refractivity contribution in [2.45, 2.75) is 6.04 Å². The van der Waals surface area contributed by atoms with Crippen molar-refractivity contribution >= 4 is 28.5 Å². The van der Waals surface area contributed by atoms with Crippen LogP contribution >= 0.6 is 22.6 Å². The molecule has 1 aromatic rings. The summed E-state index contributed by atoms with van der Waals surface area (Å²) in [6, 6.07) is 7.82. The van der Waals surface area contributed by atoms with E-state index in [0.29, 0.717) is 6.54 Å². The van der Waals surface area contributed by atoms with Crippen LogP contribution < -0.4 is 5.73 Å². The summed E-state index contributed by atoms with van der Waals surface area (Å²) in [5, 5.41) is 0. The average Bonchev–Trinajstić information content (AvgIpc) is 2.38. The van der Waals surface area contributed by atoms with Crippen molar-refractivity contribution in [3.63, 3.8) is 0 Å². The van der Waals surface area contributed by atoms with Crippen LogP contribution in [0.1, 0.15) is 10.4 Å². The Morgan fingerprint density at radius 3 is 2.83 bits per heavy atom. The minimum atomic E-state index is 0.101. The highest BCUT2D eigenvalue weighted by molar-refractivity contribution is 14.1. The molecule has 1 aliphatic rings. The second kappa shape index (κ2) is 5.99. The summed E-state index contributed by atoms with van der Waals surface area (Å²) in [5.74, 6) is 0.101. The summed E-state index contributed by atoms with van der Waals surface area (Å²) < 4.78 is 0.995. The van der Waals surface area contributed by atoms with Crippen LogP contribution in [0.5, 0.6) is 0 Å². The SMILES string of the molecule is CN1CCN(C(=O)c2ccccc2I)C(CN)C1. The molecule has 0 aliphatic carbocycles. The molecule has 1 aliphatic heterocycles. The van der Waals surface area contributed by atoms with Gasteiger partial charge in [0.15, 0.2) is 0 Å². The van der Waals surface area contributed by atoms with E-state index in [1.54, 1.807) is 0 Å². The second-order valence-corrected chi connectivity index (χ2v) is 5.79. The zero-order chi connectivity index (χ0) is 13.1. The summed E-state index contributed by atoms with van der Waals surface area (Å²) in [6.45, 7) is 3.03. The Kier molecular flexibility index (Phi) is 4.58. The standard InChI is InChI=1S/C13H18IN3O/c1-16-6-7-17(10(8-15)9-16)13(18)11-4-2-3-5-12(11)14/h2-5,10H,6-9,15H2,1H3. The van der Waals surface area contributed by atoms with Crippen molar-refractivity contribution in [1.82, 2.24) is 9.80 Å². The maximum Gasteiger partial charge on any atom is 0.255 e. The van der Waals surface area contributed by atoms with E-state index in [0.717, 1.165) is 28.8 Å². The summed E-state index contributed by atoms with van der Waals surface area (Å²) in [4.78, 5) is 16.7. The zero-order valence-electron chi connectivity index (χ0n) is 10.5. The third-order valence-electron chi connectivity index (χ3n) is 3.32. The lowest BCUT2D eigenvalue weighted by Crippen LogP contribution is -2.56. The van der Waals surface area contributed by atoms with E-state index in [1.165, 1.54) is 0 Å². The number of piperazine rings is 1. The Balaban J connectivity index is 2.20. The highest BCUT2D eigenvalue weighted by Gasteiger charge is 2.29. The van der Waals surface area contributed by atoms with Gasteiger partial charge in [0.2, 0.25) is 0 Å². The van der Waals surface area contributed by atoms with Gasteiger partial charge in [-0.05, 0) is 41.8 Å². The lowest BCUT2D eigenvalue weighted by atomic mass is 10.1. The number of carbonyl (C=O) groups excluding carboxylic acids is 1. The van der Waals surface area contributed by atoms with Crippen LogP contribution in [-0.2, 0) is 0 Å². The first-order valence-corrected chi connectivity index (χ1v) is 7.15. The van der Waals surface area contributed by atoms with Gasteiger partial charge in [-0.2, -0.15) is 0 Å². The molecule has 98 valence electrons. The van der Waals surface area contributed by atoms with E-state index in [1.807, 2.05) is 29.2 Å². The van der Waals surface area contributed by atoms with Crippen LogP contribution in [0, 0.1) is 3.57 Å². The normalized spacial score (nSPS) is 21.1. The number of carbonyl (C=O) groups is 1. The average molecular weight is 359 g/mol. The number of likely N-dealkylation sites (N-methyl/N-ethyl adjacent to an activating group) is 1. The van der Waals surface area contributed by atoms with Gasteiger partial charge in [-0.15, -0.1) is 0 Å². The molecule has 0 aromatic heterocycles. The molecule has 0 saturated carbocycles. The number of amides is 1. The Morgan fingerprint density at radius 1 is 1.44 bits per heavy atom. The molecule has 0 bridgehead atoms. The van der Waals surface area contributed by atoms with E-state index >= 15 is 0 Å². The molecular weight excluding hydrogens is 341 g/mol. The molecule has 2 rings (SSSR count). The predicted molar refractivity (Wildman–Crippen MR) is 80.5 cm³/mol. The van der Waals surface area contributed by atoms with Gasteiger partial charge >= 0.3 is 0 Å². The number of nitrogens with two attached hydrogens (primary N) is 1. The molecule has 0 radical (unpaired) electrons. The second-order valence-electron chi connectivity index (χ2n) is 4.63. The van der Waals surface area contributed by atoms with Gasteiger partial charge in [0.1, 0.15) is 0 Å². The van der Waals surface area contributed by atoms with Crippen molar-refractivity contribution in [1.29, 1.82) is 0 Å². The fraction of sp³-hybridized carbons (Fsp3) is 0.462. The van der Waals surface area contributed by atoms with Crippen LogP contribution in [0.25, 0.3) is 0 Å². The molecule has 18 heavy (non-hydrogen) atoms. The first-order chi connectivity index (χ1) is 8.63. The molecule has 1 unspecified atom stereocenters. The van der Waals surface area contributed by atoms with Gasteiger partial charge in [-0.25, -0.2) is 0 Å². The number of benzene rings is 1. The fourth-order valence-corrected chi connectivity index (χ4v) is 2.89. The monoisotopic (exact) mass is 359 g/mol. The molecule has 1 aromatic carbocycles. The smallest absolute Gasteiger partial charge is 0.255 e. The van der Waals surface area contributed by atoms with E-state index < -0.39 is 0 Å². The highest BCUT2D eigenvalue weighted by Crippen LogP contribution is 2.17. The molecule has 1 amide bonds. The molecule has 4 nitrogen and oxygen atoms in total.